The Morgan fingerprint density at radius 3 is 2.13 bits per heavy atom. The molecule has 1 heterocycles. The Morgan fingerprint density at radius 1 is 1.00 bits per heavy atom. The van der Waals surface area contributed by atoms with Crippen LogP contribution >= 0.6 is 11.6 Å². The second-order valence-corrected chi connectivity index (χ2v) is 12.9. The van der Waals surface area contributed by atoms with Crippen LogP contribution in [0.1, 0.15) is 56.5 Å². The number of alkyl halides is 1. The lowest BCUT2D eigenvalue weighted by atomic mass is 10.0. The van der Waals surface area contributed by atoms with Gasteiger partial charge in [0.15, 0.2) is 0 Å². The number of hydrogen-bond donors (Lipinski definition) is 0. The zero-order valence-corrected chi connectivity index (χ0v) is 24.2. The van der Waals surface area contributed by atoms with E-state index in [1.807, 2.05) is 81.4 Å². The van der Waals surface area contributed by atoms with Crippen LogP contribution < -0.4 is 0 Å². The summed E-state index contributed by atoms with van der Waals surface area (Å²) in [7, 11) is -3.54. The van der Waals surface area contributed by atoms with Crippen molar-refractivity contribution in [1.82, 2.24) is 14.1 Å². The highest BCUT2D eigenvalue weighted by Crippen LogP contribution is 2.27. The van der Waals surface area contributed by atoms with Crippen molar-refractivity contribution in [2.75, 3.05) is 31.9 Å². The summed E-state index contributed by atoms with van der Waals surface area (Å²) in [6, 6.07) is 18.9. The van der Waals surface area contributed by atoms with Crippen LogP contribution in [-0.4, -0.2) is 72.3 Å². The van der Waals surface area contributed by atoms with Crippen molar-refractivity contribution in [3.8, 4) is 0 Å². The van der Waals surface area contributed by atoms with Gasteiger partial charge >= 0.3 is 0 Å². The van der Waals surface area contributed by atoms with Gasteiger partial charge in [0.25, 0.3) is 0 Å². The summed E-state index contributed by atoms with van der Waals surface area (Å²) in [6.45, 7) is 7.22. The third-order valence-corrected chi connectivity index (χ3v) is 9.21. The Labute approximate surface area is 232 Å². The molecule has 0 N–H and O–H groups in total. The van der Waals surface area contributed by atoms with E-state index in [0.29, 0.717) is 45.4 Å². The van der Waals surface area contributed by atoms with Gasteiger partial charge in [0, 0.05) is 32.2 Å². The maximum atomic E-state index is 13.7. The van der Waals surface area contributed by atoms with E-state index < -0.39 is 15.4 Å². The molecular weight excluding hydrogens is 522 g/mol. The van der Waals surface area contributed by atoms with Gasteiger partial charge in [0.2, 0.25) is 21.8 Å². The van der Waals surface area contributed by atoms with Gasteiger partial charge in [0.1, 0.15) is 5.38 Å². The molecule has 7 nitrogen and oxygen atoms in total. The molecule has 2 aromatic rings. The molecule has 0 aliphatic carbocycles. The molecule has 0 aromatic heterocycles. The van der Waals surface area contributed by atoms with Gasteiger partial charge < -0.3 is 9.80 Å². The average Bonchev–Trinajstić information content (AvgIpc) is 2.91. The summed E-state index contributed by atoms with van der Waals surface area (Å²) in [5.74, 6) is -0.225. The van der Waals surface area contributed by atoms with Crippen LogP contribution in [0, 0.1) is 5.92 Å². The second-order valence-electron chi connectivity index (χ2n) is 10.3. The van der Waals surface area contributed by atoms with E-state index in [0.717, 1.165) is 11.1 Å². The number of halogens is 1. The third-order valence-electron chi connectivity index (χ3n) is 6.78. The predicted molar refractivity (Wildman–Crippen MR) is 152 cm³/mol. The fourth-order valence-electron chi connectivity index (χ4n) is 4.84. The first-order chi connectivity index (χ1) is 18.1. The fraction of sp³-hybridized carbons (Fsp3) is 0.517. The summed E-state index contributed by atoms with van der Waals surface area (Å²) < 4.78 is 27.3. The summed E-state index contributed by atoms with van der Waals surface area (Å²) in [6.07, 6.45) is 1.71. The number of carbonyl (C=O) groups is 2. The van der Waals surface area contributed by atoms with Crippen LogP contribution in [-0.2, 0) is 26.2 Å². The lowest BCUT2D eigenvalue weighted by Gasteiger charge is -2.40. The maximum Gasteiger partial charge on any atom is 0.245 e. The van der Waals surface area contributed by atoms with Gasteiger partial charge in [-0.15, -0.1) is 11.6 Å². The molecule has 1 aliphatic rings. The Hall–Kier alpha value is -2.42. The molecule has 38 heavy (non-hydrogen) atoms. The zero-order chi connectivity index (χ0) is 27.7. The Kier molecular flexibility index (Phi) is 11.2. The fourth-order valence-corrected chi connectivity index (χ4v) is 6.73. The van der Waals surface area contributed by atoms with Crippen molar-refractivity contribution in [3.05, 3.63) is 71.8 Å². The van der Waals surface area contributed by atoms with E-state index in [-0.39, 0.29) is 36.1 Å². The molecule has 1 fully saturated rings. The summed E-state index contributed by atoms with van der Waals surface area (Å²) >= 11 is 6.50. The van der Waals surface area contributed by atoms with Gasteiger partial charge in [-0.25, -0.2) is 8.42 Å². The highest BCUT2D eigenvalue weighted by Gasteiger charge is 2.34. The SMILES string of the molecule is CCCS(=O)(=O)N(CC(=O)N(Cc1ccccc1)C1CCN(C(=O)[C@H](Cl)c2ccccc2)CC1)CC(C)C. The molecule has 0 bridgehead atoms. The van der Waals surface area contributed by atoms with Gasteiger partial charge in [-0.1, -0.05) is 81.4 Å². The maximum absolute atomic E-state index is 13.7. The molecule has 1 atom stereocenters. The molecule has 2 aromatic carbocycles. The van der Waals surface area contributed by atoms with Crippen molar-refractivity contribution in [2.45, 2.75) is 58.0 Å². The summed E-state index contributed by atoms with van der Waals surface area (Å²) in [5, 5.41) is -0.747. The minimum atomic E-state index is -3.54. The van der Waals surface area contributed by atoms with E-state index in [4.69, 9.17) is 11.6 Å². The second kappa shape index (κ2) is 14.1. The van der Waals surface area contributed by atoms with Crippen LogP contribution in [0.5, 0.6) is 0 Å². The molecule has 9 heteroatoms. The molecule has 1 aliphatic heterocycles. The van der Waals surface area contributed by atoms with Crippen molar-refractivity contribution in [3.63, 3.8) is 0 Å². The topological polar surface area (TPSA) is 78.0 Å². The number of amides is 2. The van der Waals surface area contributed by atoms with E-state index in [1.165, 1.54) is 4.31 Å². The molecule has 0 spiro atoms. The molecule has 1 saturated heterocycles. The number of sulfonamides is 1. The first-order valence-corrected chi connectivity index (χ1v) is 15.5. The smallest absolute Gasteiger partial charge is 0.245 e. The van der Waals surface area contributed by atoms with Gasteiger partial charge in [0.05, 0.1) is 12.3 Å². The number of rotatable bonds is 12. The van der Waals surface area contributed by atoms with E-state index in [1.54, 1.807) is 9.80 Å². The standard InChI is InChI=1S/C29H40ClN3O4S/c1-4-19-38(36,37)32(20-23(2)3)22-27(34)33(21-24-11-7-5-8-12-24)26-15-17-31(18-16-26)29(35)28(30)25-13-9-6-10-14-25/h5-14,23,26,28H,4,15-22H2,1-3H3/t28-/m1/s1. The molecule has 0 saturated carbocycles. The summed E-state index contributed by atoms with van der Waals surface area (Å²) in [4.78, 5) is 30.4. The monoisotopic (exact) mass is 561 g/mol. The highest BCUT2D eigenvalue weighted by molar-refractivity contribution is 7.89. The van der Waals surface area contributed by atoms with Crippen LogP contribution in [0.3, 0.4) is 0 Å². The molecule has 0 unspecified atom stereocenters. The van der Waals surface area contributed by atoms with E-state index in [9.17, 15) is 18.0 Å². The van der Waals surface area contributed by atoms with Gasteiger partial charge in [-0.3, -0.25) is 9.59 Å². The minimum Gasteiger partial charge on any atom is -0.341 e. The Morgan fingerprint density at radius 2 is 1.58 bits per heavy atom. The largest absolute Gasteiger partial charge is 0.341 e. The lowest BCUT2D eigenvalue weighted by molar-refractivity contribution is -0.137. The molecule has 208 valence electrons. The normalized spacial score (nSPS) is 15.6. The quantitative estimate of drug-likeness (QED) is 0.352. The Balaban J connectivity index is 1.75. The zero-order valence-electron chi connectivity index (χ0n) is 22.6. The Bertz CT molecular complexity index is 1140. The van der Waals surface area contributed by atoms with Crippen molar-refractivity contribution < 1.29 is 18.0 Å². The number of carbonyl (C=O) groups excluding carboxylic acids is 2. The number of nitrogens with zero attached hydrogens (tertiary/aromatic N) is 3. The lowest BCUT2D eigenvalue weighted by Crippen LogP contribution is -2.52. The van der Waals surface area contributed by atoms with Gasteiger partial charge in [-0.05, 0) is 36.3 Å². The van der Waals surface area contributed by atoms with Crippen molar-refractivity contribution >= 4 is 33.4 Å². The molecule has 0 radical (unpaired) electrons. The summed E-state index contributed by atoms with van der Waals surface area (Å²) in [5.41, 5.74) is 1.75. The highest BCUT2D eigenvalue weighted by atomic mass is 35.5. The van der Waals surface area contributed by atoms with Crippen LogP contribution in [0.25, 0.3) is 0 Å². The number of benzene rings is 2. The molecule has 2 amide bonds. The predicted octanol–water partition coefficient (Wildman–Crippen LogP) is 4.68. The van der Waals surface area contributed by atoms with Crippen LogP contribution in [0.4, 0.5) is 0 Å². The third kappa shape index (κ3) is 8.29. The number of hydrogen-bond acceptors (Lipinski definition) is 4. The van der Waals surface area contributed by atoms with E-state index in [2.05, 4.69) is 0 Å². The number of piperidine rings is 1. The molecule has 3 rings (SSSR count). The average molecular weight is 562 g/mol. The van der Waals surface area contributed by atoms with Crippen LogP contribution in [0.15, 0.2) is 60.7 Å². The first-order valence-electron chi connectivity index (χ1n) is 13.4. The van der Waals surface area contributed by atoms with Gasteiger partial charge in [-0.2, -0.15) is 4.31 Å². The molecular formula is C29H40ClN3O4S. The van der Waals surface area contributed by atoms with Crippen molar-refractivity contribution in [1.29, 1.82) is 0 Å². The first kappa shape index (κ1) is 30.1. The van der Waals surface area contributed by atoms with Crippen molar-refractivity contribution in [2.24, 2.45) is 5.92 Å². The van der Waals surface area contributed by atoms with E-state index >= 15 is 0 Å². The minimum absolute atomic E-state index is 0.0210. The number of likely N-dealkylation sites (tertiary alicyclic amines) is 1. The van der Waals surface area contributed by atoms with Crippen LogP contribution in [0.2, 0.25) is 0 Å².